The minimum Gasteiger partial charge on any atom is -0.478 e. The van der Waals surface area contributed by atoms with Gasteiger partial charge in [0.25, 0.3) is 0 Å². The van der Waals surface area contributed by atoms with Gasteiger partial charge in [0.15, 0.2) is 0 Å². The fraction of sp³-hybridized carbons (Fsp3) is 0. The topological polar surface area (TPSA) is 74.0 Å². The van der Waals surface area contributed by atoms with Crippen molar-refractivity contribution in [3.63, 3.8) is 0 Å². The fourth-order valence-corrected chi connectivity index (χ4v) is 2.30. The van der Waals surface area contributed by atoms with E-state index in [1.165, 1.54) is 0 Å². The molecule has 4 nitrogen and oxygen atoms in total. The molecule has 1 heterocycles. The maximum absolute atomic E-state index is 11.1. The highest BCUT2D eigenvalue weighted by atomic mass is 16.4. The number of hydrogen-bond donors (Lipinski definition) is 1. The first kappa shape index (κ1) is 12.8. The third kappa shape index (κ3) is 2.21. The van der Waals surface area contributed by atoms with E-state index in [-0.39, 0.29) is 5.56 Å². The van der Waals surface area contributed by atoms with Gasteiger partial charge in [-0.15, -0.1) is 0 Å². The van der Waals surface area contributed by atoms with E-state index in [4.69, 9.17) is 5.11 Å². The van der Waals surface area contributed by atoms with E-state index in [1.54, 1.807) is 36.5 Å². The molecule has 21 heavy (non-hydrogen) atoms. The number of carbonyl (C=O) groups is 1. The number of benzene rings is 2. The van der Waals surface area contributed by atoms with Crippen molar-refractivity contribution >= 4 is 16.7 Å². The predicted molar refractivity (Wildman–Crippen MR) is 78.9 cm³/mol. The Morgan fingerprint density at radius 3 is 2.71 bits per heavy atom. The summed E-state index contributed by atoms with van der Waals surface area (Å²) < 4.78 is 0. The van der Waals surface area contributed by atoms with Crippen molar-refractivity contribution in [2.75, 3.05) is 0 Å². The molecular formula is C17H10N2O2. The number of carboxylic acids is 1. The van der Waals surface area contributed by atoms with Gasteiger partial charge in [0.1, 0.15) is 0 Å². The van der Waals surface area contributed by atoms with Crippen molar-refractivity contribution in [1.82, 2.24) is 4.98 Å². The van der Waals surface area contributed by atoms with Crippen LogP contribution in [-0.4, -0.2) is 16.1 Å². The number of aromatic nitrogens is 1. The van der Waals surface area contributed by atoms with E-state index < -0.39 is 5.97 Å². The lowest BCUT2D eigenvalue weighted by Crippen LogP contribution is -1.97. The normalized spacial score (nSPS) is 10.2. The monoisotopic (exact) mass is 274 g/mol. The highest BCUT2D eigenvalue weighted by Crippen LogP contribution is 2.29. The van der Waals surface area contributed by atoms with Gasteiger partial charge in [0.2, 0.25) is 0 Å². The molecule has 0 unspecified atom stereocenters. The van der Waals surface area contributed by atoms with Gasteiger partial charge in [-0.1, -0.05) is 24.3 Å². The van der Waals surface area contributed by atoms with E-state index in [2.05, 4.69) is 11.1 Å². The van der Waals surface area contributed by atoms with Crippen molar-refractivity contribution < 1.29 is 9.90 Å². The quantitative estimate of drug-likeness (QED) is 0.776. The molecule has 0 radical (unpaired) electrons. The zero-order chi connectivity index (χ0) is 14.8. The number of nitriles is 1. The van der Waals surface area contributed by atoms with Crippen LogP contribution in [0.1, 0.15) is 15.9 Å². The van der Waals surface area contributed by atoms with Crippen molar-refractivity contribution in [2.24, 2.45) is 0 Å². The Bertz CT molecular complexity index is 895. The summed E-state index contributed by atoms with van der Waals surface area (Å²) in [6.07, 6.45) is 1.66. The molecule has 0 fully saturated rings. The van der Waals surface area contributed by atoms with Crippen molar-refractivity contribution in [3.8, 4) is 17.3 Å². The highest BCUT2D eigenvalue weighted by molar-refractivity contribution is 6.00. The van der Waals surface area contributed by atoms with Crippen molar-refractivity contribution in [2.45, 2.75) is 0 Å². The van der Waals surface area contributed by atoms with Crippen LogP contribution >= 0.6 is 0 Å². The van der Waals surface area contributed by atoms with Crippen LogP contribution in [0, 0.1) is 11.3 Å². The zero-order valence-electron chi connectivity index (χ0n) is 10.9. The standard InChI is InChI=1S/C17H10N2O2/c18-10-13-3-1-2-4-14(13)16-15-9-12(17(20)21)6-5-11(15)7-8-19-16/h1-9H,(H,20,21). The molecule has 0 aliphatic carbocycles. The van der Waals surface area contributed by atoms with E-state index in [9.17, 15) is 10.1 Å². The van der Waals surface area contributed by atoms with E-state index >= 15 is 0 Å². The van der Waals surface area contributed by atoms with Crippen LogP contribution in [0.4, 0.5) is 0 Å². The minimum atomic E-state index is -0.986. The molecule has 2 aromatic carbocycles. The lowest BCUT2D eigenvalue weighted by molar-refractivity contribution is 0.0697. The van der Waals surface area contributed by atoms with Gasteiger partial charge in [-0.2, -0.15) is 5.26 Å². The SMILES string of the molecule is N#Cc1ccccc1-c1nccc2ccc(C(=O)O)cc12. The summed E-state index contributed by atoms with van der Waals surface area (Å²) in [5.41, 5.74) is 2.03. The molecular weight excluding hydrogens is 264 g/mol. The summed E-state index contributed by atoms with van der Waals surface area (Å²) in [7, 11) is 0. The molecule has 3 rings (SSSR count). The summed E-state index contributed by atoms with van der Waals surface area (Å²) in [6, 6.07) is 16.0. The number of hydrogen-bond acceptors (Lipinski definition) is 3. The smallest absolute Gasteiger partial charge is 0.335 e. The first-order valence-electron chi connectivity index (χ1n) is 6.32. The Morgan fingerprint density at radius 2 is 1.95 bits per heavy atom. The van der Waals surface area contributed by atoms with E-state index in [0.717, 1.165) is 10.8 Å². The van der Waals surface area contributed by atoms with Gasteiger partial charge in [0, 0.05) is 17.1 Å². The summed E-state index contributed by atoms with van der Waals surface area (Å²) >= 11 is 0. The van der Waals surface area contributed by atoms with Crippen LogP contribution in [-0.2, 0) is 0 Å². The molecule has 0 saturated carbocycles. The average Bonchev–Trinajstić information content (AvgIpc) is 2.53. The maximum atomic E-state index is 11.1. The number of pyridine rings is 1. The maximum Gasteiger partial charge on any atom is 0.335 e. The number of aromatic carboxylic acids is 1. The Morgan fingerprint density at radius 1 is 1.14 bits per heavy atom. The molecule has 3 aromatic rings. The molecule has 0 spiro atoms. The Kier molecular flexibility index (Phi) is 3.09. The second kappa shape index (κ2) is 5.06. The van der Waals surface area contributed by atoms with Crippen molar-refractivity contribution in [3.05, 3.63) is 65.9 Å². The van der Waals surface area contributed by atoms with Gasteiger partial charge in [-0.3, -0.25) is 4.98 Å². The Balaban J connectivity index is 2.35. The molecule has 0 saturated heterocycles. The summed E-state index contributed by atoms with van der Waals surface area (Å²) in [5, 5.41) is 20.0. The Labute approximate surface area is 120 Å². The fourth-order valence-electron chi connectivity index (χ4n) is 2.30. The summed E-state index contributed by atoms with van der Waals surface area (Å²) in [4.78, 5) is 15.5. The molecule has 0 aliphatic rings. The largest absolute Gasteiger partial charge is 0.478 e. The van der Waals surface area contributed by atoms with Crippen LogP contribution in [0.2, 0.25) is 0 Å². The third-order valence-corrected chi connectivity index (χ3v) is 3.32. The third-order valence-electron chi connectivity index (χ3n) is 3.32. The highest BCUT2D eigenvalue weighted by Gasteiger charge is 2.11. The lowest BCUT2D eigenvalue weighted by atomic mass is 9.99. The second-order valence-electron chi connectivity index (χ2n) is 4.56. The van der Waals surface area contributed by atoms with Gasteiger partial charge < -0.3 is 5.11 Å². The van der Waals surface area contributed by atoms with E-state index in [1.807, 2.05) is 18.2 Å². The molecule has 0 bridgehead atoms. The second-order valence-corrected chi connectivity index (χ2v) is 4.56. The molecule has 0 aliphatic heterocycles. The van der Waals surface area contributed by atoms with Crippen LogP contribution in [0.3, 0.4) is 0 Å². The summed E-state index contributed by atoms with van der Waals surface area (Å²) in [5.74, 6) is -0.986. The Hall–Kier alpha value is -3.19. The molecule has 1 N–H and O–H groups in total. The molecule has 4 heteroatoms. The average molecular weight is 274 g/mol. The lowest BCUT2D eigenvalue weighted by Gasteiger charge is -2.08. The minimum absolute atomic E-state index is 0.200. The molecule has 1 aromatic heterocycles. The van der Waals surface area contributed by atoms with Crippen LogP contribution in [0.15, 0.2) is 54.7 Å². The molecule has 0 amide bonds. The van der Waals surface area contributed by atoms with Gasteiger partial charge in [-0.25, -0.2) is 4.79 Å². The van der Waals surface area contributed by atoms with Gasteiger partial charge >= 0.3 is 5.97 Å². The first-order chi connectivity index (χ1) is 10.2. The van der Waals surface area contributed by atoms with Crippen LogP contribution in [0.25, 0.3) is 22.0 Å². The molecule has 100 valence electrons. The number of fused-ring (bicyclic) bond motifs is 1. The number of carboxylic acid groups (broad SMARTS) is 1. The van der Waals surface area contributed by atoms with Crippen molar-refractivity contribution in [1.29, 1.82) is 5.26 Å². The first-order valence-corrected chi connectivity index (χ1v) is 6.32. The summed E-state index contributed by atoms with van der Waals surface area (Å²) in [6.45, 7) is 0. The van der Waals surface area contributed by atoms with Gasteiger partial charge in [0.05, 0.1) is 22.9 Å². The van der Waals surface area contributed by atoms with Gasteiger partial charge in [-0.05, 0) is 29.7 Å². The zero-order valence-corrected chi connectivity index (χ0v) is 10.9. The van der Waals surface area contributed by atoms with E-state index in [0.29, 0.717) is 16.8 Å². The number of nitrogens with zero attached hydrogens (tertiary/aromatic N) is 2. The number of rotatable bonds is 2. The molecule has 0 atom stereocenters. The predicted octanol–water partition coefficient (Wildman–Crippen LogP) is 3.47. The van der Waals surface area contributed by atoms with Crippen LogP contribution < -0.4 is 0 Å². The van der Waals surface area contributed by atoms with Crippen LogP contribution in [0.5, 0.6) is 0 Å².